The number of likely N-dealkylation sites (tertiary alicyclic amines) is 1. The second-order valence-electron chi connectivity index (χ2n) is 6.83. The van der Waals surface area contributed by atoms with E-state index in [1.54, 1.807) is 0 Å². The fourth-order valence-corrected chi connectivity index (χ4v) is 3.19. The molecule has 1 aromatic rings. The molecule has 4 nitrogen and oxygen atoms in total. The molecule has 4 heteroatoms. The fourth-order valence-electron chi connectivity index (χ4n) is 3.19. The molecule has 1 aliphatic heterocycles. The Kier molecular flexibility index (Phi) is 6.46. The van der Waals surface area contributed by atoms with E-state index in [9.17, 15) is 4.79 Å². The molecule has 2 unspecified atom stereocenters. The number of hydrogen-bond donors (Lipinski definition) is 1. The van der Waals surface area contributed by atoms with Crippen molar-refractivity contribution in [3.8, 4) is 0 Å². The minimum Gasteiger partial charge on any atom is -0.375 e. The lowest BCUT2D eigenvalue weighted by Gasteiger charge is -2.34. The molecule has 1 fully saturated rings. The SMILES string of the molecule is CCCCN(C)c1ccc(C(=O)N2CCCC(C(C)N)C2)cc1. The second-order valence-corrected chi connectivity index (χ2v) is 6.83. The molecular weight excluding hydrogens is 286 g/mol. The maximum atomic E-state index is 12.7. The normalized spacial score (nSPS) is 19.5. The zero-order chi connectivity index (χ0) is 16.8. The molecule has 1 aliphatic rings. The molecule has 0 bridgehead atoms. The number of unbranched alkanes of at least 4 members (excludes halogenated alkanes) is 1. The molecule has 0 spiro atoms. The predicted octanol–water partition coefficient (Wildman–Crippen LogP) is 3.12. The molecule has 2 rings (SSSR count). The van der Waals surface area contributed by atoms with Crippen molar-refractivity contribution in [1.29, 1.82) is 0 Å². The van der Waals surface area contributed by atoms with Gasteiger partial charge >= 0.3 is 0 Å². The van der Waals surface area contributed by atoms with Gasteiger partial charge in [-0.05, 0) is 56.4 Å². The van der Waals surface area contributed by atoms with Gasteiger partial charge in [0, 0.05) is 44.0 Å². The van der Waals surface area contributed by atoms with Crippen molar-refractivity contribution in [3.05, 3.63) is 29.8 Å². The van der Waals surface area contributed by atoms with Crippen LogP contribution in [0.25, 0.3) is 0 Å². The summed E-state index contributed by atoms with van der Waals surface area (Å²) in [7, 11) is 2.10. The average molecular weight is 317 g/mol. The summed E-state index contributed by atoms with van der Waals surface area (Å²) in [6.45, 7) is 6.92. The quantitative estimate of drug-likeness (QED) is 0.877. The maximum absolute atomic E-state index is 12.7. The number of rotatable bonds is 6. The van der Waals surface area contributed by atoms with Crippen LogP contribution >= 0.6 is 0 Å². The summed E-state index contributed by atoms with van der Waals surface area (Å²) >= 11 is 0. The zero-order valence-corrected chi connectivity index (χ0v) is 14.8. The van der Waals surface area contributed by atoms with E-state index >= 15 is 0 Å². The van der Waals surface area contributed by atoms with Gasteiger partial charge in [-0.2, -0.15) is 0 Å². The molecule has 1 aromatic carbocycles. The van der Waals surface area contributed by atoms with Crippen LogP contribution in [0.4, 0.5) is 5.69 Å². The van der Waals surface area contributed by atoms with Crippen molar-refractivity contribution < 1.29 is 4.79 Å². The Morgan fingerprint density at radius 2 is 2.09 bits per heavy atom. The van der Waals surface area contributed by atoms with Crippen molar-refractivity contribution in [2.75, 3.05) is 31.6 Å². The fraction of sp³-hybridized carbons (Fsp3) is 0.632. The number of benzene rings is 1. The molecular formula is C19H31N3O. The summed E-state index contributed by atoms with van der Waals surface area (Å²) in [4.78, 5) is 16.9. The highest BCUT2D eigenvalue weighted by molar-refractivity contribution is 5.94. The van der Waals surface area contributed by atoms with Gasteiger partial charge in [-0.25, -0.2) is 0 Å². The van der Waals surface area contributed by atoms with Gasteiger partial charge in [-0.1, -0.05) is 13.3 Å². The van der Waals surface area contributed by atoms with Crippen LogP contribution in [-0.4, -0.2) is 43.5 Å². The van der Waals surface area contributed by atoms with Gasteiger partial charge in [0.15, 0.2) is 0 Å². The molecule has 2 atom stereocenters. The zero-order valence-electron chi connectivity index (χ0n) is 14.8. The first-order valence-corrected chi connectivity index (χ1v) is 8.89. The molecule has 1 heterocycles. The van der Waals surface area contributed by atoms with Crippen LogP contribution in [0.15, 0.2) is 24.3 Å². The van der Waals surface area contributed by atoms with Crippen molar-refractivity contribution in [3.63, 3.8) is 0 Å². The Bertz CT molecular complexity index is 498. The largest absolute Gasteiger partial charge is 0.375 e. The first-order chi connectivity index (χ1) is 11.0. The van der Waals surface area contributed by atoms with Gasteiger partial charge in [0.25, 0.3) is 5.91 Å². The molecule has 2 N–H and O–H groups in total. The summed E-state index contributed by atoms with van der Waals surface area (Å²) in [6, 6.07) is 8.16. The van der Waals surface area contributed by atoms with Crippen molar-refractivity contribution in [1.82, 2.24) is 4.90 Å². The Morgan fingerprint density at radius 3 is 2.70 bits per heavy atom. The van der Waals surface area contributed by atoms with E-state index in [2.05, 4.69) is 31.0 Å². The number of carbonyl (C=O) groups excluding carboxylic acids is 1. The number of hydrogen-bond acceptors (Lipinski definition) is 3. The number of amides is 1. The van der Waals surface area contributed by atoms with Crippen LogP contribution in [0.2, 0.25) is 0 Å². The minimum absolute atomic E-state index is 0.137. The molecule has 23 heavy (non-hydrogen) atoms. The highest BCUT2D eigenvalue weighted by Crippen LogP contribution is 2.21. The first kappa shape index (κ1) is 17.8. The third kappa shape index (κ3) is 4.71. The summed E-state index contributed by atoms with van der Waals surface area (Å²) in [5.74, 6) is 0.560. The Hall–Kier alpha value is -1.55. The smallest absolute Gasteiger partial charge is 0.253 e. The summed E-state index contributed by atoms with van der Waals surface area (Å²) in [5, 5.41) is 0. The number of carbonyl (C=O) groups is 1. The highest BCUT2D eigenvalue weighted by atomic mass is 16.2. The number of anilines is 1. The van der Waals surface area contributed by atoms with E-state index in [4.69, 9.17) is 5.73 Å². The molecule has 1 amide bonds. The summed E-state index contributed by atoms with van der Waals surface area (Å²) < 4.78 is 0. The van der Waals surface area contributed by atoms with Gasteiger partial charge in [0.05, 0.1) is 0 Å². The average Bonchev–Trinajstić information content (AvgIpc) is 2.59. The lowest BCUT2D eigenvalue weighted by atomic mass is 9.92. The molecule has 128 valence electrons. The van der Waals surface area contributed by atoms with Gasteiger partial charge in [-0.15, -0.1) is 0 Å². The lowest BCUT2D eigenvalue weighted by Crippen LogP contribution is -2.45. The van der Waals surface area contributed by atoms with Crippen molar-refractivity contribution >= 4 is 11.6 Å². The number of nitrogens with zero attached hydrogens (tertiary/aromatic N) is 2. The highest BCUT2D eigenvalue weighted by Gasteiger charge is 2.26. The van der Waals surface area contributed by atoms with Gasteiger partial charge in [0.2, 0.25) is 0 Å². The lowest BCUT2D eigenvalue weighted by molar-refractivity contribution is 0.0661. The monoisotopic (exact) mass is 317 g/mol. The van der Waals surface area contributed by atoms with Crippen LogP contribution in [0.1, 0.15) is 49.9 Å². The van der Waals surface area contributed by atoms with E-state index in [-0.39, 0.29) is 11.9 Å². The Morgan fingerprint density at radius 1 is 1.39 bits per heavy atom. The van der Waals surface area contributed by atoms with Gasteiger partial charge in [0.1, 0.15) is 0 Å². The van der Waals surface area contributed by atoms with Crippen LogP contribution in [0.3, 0.4) is 0 Å². The maximum Gasteiger partial charge on any atom is 0.253 e. The van der Waals surface area contributed by atoms with Crippen LogP contribution in [-0.2, 0) is 0 Å². The van der Waals surface area contributed by atoms with E-state index < -0.39 is 0 Å². The van der Waals surface area contributed by atoms with Crippen LogP contribution in [0, 0.1) is 5.92 Å². The van der Waals surface area contributed by atoms with Crippen molar-refractivity contribution in [2.24, 2.45) is 11.7 Å². The summed E-state index contributed by atoms with van der Waals surface area (Å²) in [6.07, 6.45) is 4.55. The molecule has 0 aliphatic carbocycles. The number of piperidine rings is 1. The van der Waals surface area contributed by atoms with Crippen molar-refractivity contribution in [2.45, 2.75) is 45.6 Å². The van der Waals surface area contributed by atoms with Gasteiger partial charge < -0.3 is 15.5 Å². The standard InChI is InChI=1S/C19H31N3O/c1-4-5-12-21(3)18-10-8-16(9-11-18)19(23)22-13-6-7-17(14-22)15(2)20/h8-11,15,17H,4-7,12-14,20H2,1-3H3. The minimum atomic E-state index is 0.137. The Labute approximate surface area is 140 Å². The van der Waals surface area contributed by atoms with E-state index in [1.165, 1.54) is 18.5 Å². The van der Waals surface area contributed by atoms with E-state index in [1.807, 2.05) is 24.0 Å². The van der Waals surface area contributed by atoms with Gasteiger partial charge in [-0.3, -0.25) is 4.79 Å². The van der Waals surface area contributed by atoms with E-state index in [0.29, 0.717) is 5.92 Å². The van der Waals surface area contributed by atoms with Crippen LogP contribution in [0.5, 0.6) is 0 Å². The molecule has 0 saturated carbocycles. The van der Waals surface area contributed by atoms with Crippen LogP contribution < -0.4 is 10.6 Å². The molecule has 1 saturated heterocycles. The topological polar surface area (TPSA) is 49.6 Å². The first-order valence-electron chi connectivity index (χ1n) is 8.89. The molecule has 0 radical (unpaired) electrons. The Balaban J connectivity index is 1.99. The number of nitrogens with two attached hydrogens (primary N) is 1. The third-order valence-corrected chi connectivity index (χ3v) is 4.89. The summed E-state index contributed by atoms with van der Waals surface area (Å²) in [5.41, 5.74) is 7.97. The predicted molar refractivity (Wildman–Crippen MR) is 96.9 cm³/mol. The second kappa shape index (κ2) is 8.34. The molecule has 0 aromatic heterocycles. The van der Waals surface area contributed by atoms with E-state index in [0.717, 1.165) is 38.0 Å². The third-order valence-electron chi connectivity index (χ3n) is 4.89.